The standard InChI is InChI=1S/C31H28N2O/c1-19-13-15-22-24-18-20(14-16-29(24)34-30(22)17-19)21-7-2-4-10-26(21)33-27-11-5-3-8-23(27)31-25(32)9-6-12-28(31)33/h2-8,10-16,19-20,25H,9,17-18,32H2,1H3. The van der Waals surface area contributed by atoms with Crippen LogP contribution in [0.15, 0.2) is 71.2 Å². The van der Waals surface area contributed by atoms with Gasteiger partial charge >= 0.3 is 0 Å². The minimum Gasteiger partial charge on any atom is -0.461 e. The maximum absolute atomic E-state index is 6.61. The predicted molar refractivity (Wildman–Crippen MR) is 140 cm³/mol. The highest BCUT2D eigenvalue weighted by Crippen LogP contribution is 2.42. The molecule has 0 aliphatic heterocycles. The van der Waals surface area contributed by atoms with Crippen LogP contribution >= 0.6 is 0 Å². The maximum Gasteiger partial charge on any atom is 0.130 e. The molecule has 0 radical (unpaired) electrons. The number of nitrogens with two attached hydrogens (primary N) is 1. The Hall–Kier alpha value is -3.56. The van der Waals surface area contributed by atoms with E-state index in [9.17, 15) is 0 Å². The van der Waals surface area contributed by atoms with Crippen molar-refractivity contribution in [1.29, 1.82) is 0 Å². The SMILES string of the molecule is CC1C=Cc2c(oc3c2CC(c2ccccc2-n2c4c(c5ccccc52)C(N)CC=C4)C=C3)C1. The molecule has 3 aliphatic carbocycles. The van der Waals surface area contributed by atoms with Crippen molar-refractivity contribution < 1.29 is 4.42 Å². The predicted octanol–water partition coefficient (Wildman–Crippen LogP) is 7.20. The van der Waals surface area contributed by atoms with Crippen LogP contribution in [0.5, 0.6) is 0 Å². The second-order valence-electron chi connectivity index (χ2n) is 9.95. The van der Waals surface area contributed by atoms with E-state index in [4.69, 9.17) is 10.2 Å². The van der Waals surface area contributed by atoms with Crippen molar-refractivity contribution >= 4 is 29.1 Å². The Morgan fingerprint density at radius 2 is 1.79 bits per heavy atom. The van der Waals surface area contributed by atoms with Gasteiger partial charge in [0, 0.05) is 46.1 Å². The van der Waals surface area contributed by atoms with Gasteiger partial charge in [0.1, 0.15) is 11.5 Å². The summed E-state index contributed by atoms with van der Waals surface area (Å²) in [5.41, 5.74) is 15.5. The first-order chi connectivity index (χ1) is 16.7. The summed E-state index contributed by atoms with van der Waals surface area (Å²) in [6.45, 7) is 2.25. The Labute approximate surface area is 199 Å². The molecular formula is C31H28N2O. The van der Waals surface area contributed by atoms with E-state index in [1.807, 2.05) is 0 Å². The number of hydrogen-bond donors (Lipinski definition) is 1. The lowest BCUT2D eigenvalue weighted by Gasteiger charge is -2.23. The summed E-state index contributed by atoms with van der Waals surface area (Å²) in [7, 11) is 0. The van der Waals surface area contributed by atoms with Crippen LogP contribution in [-0.4, -0.2) is 4.57 Å². The highest BCUT2D eigenvalue weighted by atomic mass is 16.3. The van der Waals surface area contributed by atoms with E-state index in [0.29, 0.717) is 5.92 Å². The van der Waals surface area contributed by atoms with Crippen LogP contribution in [0.1, 0.15) is 64.8 Å². The molecule has 0 saturated carbocycles. The van der Waals surface area contributed by atoms with Crippen LogP contribution in [0.25, 0.3) is 34.8 Å². The van der Waals surface area contributed by atoms with E-state index in [0.717, 1.165) is 30.8 Å². The fourth-order valence-corrected chi connectivity index (χ4v) is 6.11. The van der Waals surface area contributed by atoms with Gasteiger partial charge in [0.25, 0.3) is 0 Å². The lowest BCUT2D eigenvalue weighted by molar-refractivity contribution is 0.473. The molecule has 0 bridgehead atoms. The van der Waals surface area contributed by atoms with Gasteiger partial charge in [0.15, 0.2) is 0 Å². The van der Waals surface area contributed by atoms with Gasteiger partial charge in [-0.05, 0) is 48.6 Å². The fraction of sp³-hybridized carbons (Fsp3) is 0.226. The Morgan fingerprint density at radius 3 is 2.74 bits per heavy atom. The third-order valence-corrected chi connectivity index (χ3v) is 7.72. The third kappa shape index (κ3) is 2.87. The van der Waals surface area contributed by atoms with Crippen molar-refractivity contribution in [1.82, 2.24) is 4.57 Å². The van der Waals surface area contributed by atoms with Crippen LogP contribution in [0, 0.1) is 5.92 Å². The average Bonchev–Trinajstić information content (AvgIpc) is 3.39. The molecular weight excluding hydrogens is 416 g/mol. The zero-order valence-electron chi connectivity index (χ0n) is 19.4. The molecule has 2 heterocycles. The van der Waals surface area contributed by atoms with Gasteiger partial charge in [-0.15, -0.1) is 0 Å². The molecule has 2 aromatic heterocycles. The van der Waals surface area contributed by atoms with Crippen LogP contribution in [0.4, 0.5) is 0 Å². The normalized spacial score (nSPS) is 22.6. The zero-order chi connectivity index (χ0) is 22.8. The molecule has 3 aliphatic rings. The smallest absolute Gasteiger partial charge is 0.130 e. The summed E-state index contributed by atoms with van der Waals surface area (Å²) in [6.07, 6.45) is 16.4. The Bertz CT molecular complexity index is 1530. The number of para-hydroxylation sites is 2. The second-order valence-corrected chi connectivity index (χ2v) is 9.95. The second kappa shape index (κ2) is 7.48. The Kier molecular flexibility index (Phi) is 4.37. The van der Waals surface area contributed by atoms with Crippen LogP contribution < -0.4 is 5.73 Å². The van der Waals surface area contributed by atoms with E-state index in [-0.39, 0.29) is 12.0 Å². The fourth-order valence-electron chi connectivity index (χ4n) is 6.11. The average molecular weight is 445 g/mol. The third-order valence-electron chi connectivity index (χ3n) is 7.72. The highest BCUT2D eigenvalue weighted by Gasteiger charge is 2.29. The summed E-state index contributed by atoms with van der Waals surface area (Å²) >= 11 is 0. The summed E-state index contributed by atoms with van der Waals surface area (Å²) in [6, 6.07) is 17.6. The van der Waals surface area contributed by atoms with Crippen molar-refractivity contribution in [3.63, 3.8) is 0 Å². The number of benzene rings is 2. The molecule has 0 amide bonds. The summed E-state index contributed by atoms with van der Waals surface area (Å²) in [5, 5.41) is 1.26. The van der Waals surface area contributed by atoms with Crippen molar-refractivity contribution in [3.8, 4) is 5.69 Å². The molecule has 7 rings (SSSR count). The van der Waals surface area contributed by atoms with Crippen LogP contribution in [-0.2, 0) is 12.8 Å². The molecule has 3 unspecified atom stereocenters. The molecule has 3 nitrogen and oxygen atoms in total. The van der Waals surface area contributed by atoms with E-state index >= 15 is 0 Å². The number of allylic oxidation sites excluding steroid dienone is 2. The molecule has 168 valence electrons. The van der Waals surface area contributed by atoms with E-state index < -0.39 is 0 Å². The summed E-state index contributed by atoms with van der Waals surface area (Å²) in [4.78, 5) is 0. The Balaban J connectivity index is 1.38. The van der Waals surface area contributed by atoms with Gasteiger partial charge in [-0.25, -0.2) is 0 Å². The minimum atomic E-state index is 0.0297. The molecule has 0 fully saturated rings. The van der Waals surface area contributed by atoms with Crippen molar-refractivity contribution in [2.75, 3.05) is 0 Å². The number of furan rings is 1. The Morgan fingerprint density at radius 1 is 0.941 bits per heavy atom. The lowest BCUT2D eigenvalue weighted by Crippen LogP contribution is -2.14. The van der Waals surface area contributed by atoms with Crippen molar-refractivity contribution in [2.24, 2.45) is 11.7 Å². The molecule has 0 spiro atoms. The zero-order valence-corrected chi connectivity index (χ0v) is 19.4. The molecule has 2 N–H and O–H groups in total. The van der Waals surface area contributed by atoms with Crippen molar-refractivity contribution in [3.05, 3.63) is 106 Å². The first kappa shape index (κ1) is 19.9. The number of aromatic nitrogens is 1. The van der Waals surface area contributed by atoms with Gasteiger partial charge in [-0.2, -0.15) is 0 Å². The van der Waals surface area contributed by atoms with Crippen LogP contribution in [0.3, 0.4) is 0 Å². The first-order valence-electron chi connectivity index (χ1n) is 12.3. The molecule has 0 saturated heterocycles. The molecule has 4 aromatic rings. The van der Waals surface area contributed by atoms with Gasteiger partial charge in [0.2, 0.25) is 0 Å². The van der Waals surface area contributed by atoms with Gasteiger partial charge in [0.05, 0.1) is 11.2 Å². The largest absolute Gasteiger partial charge is 0.461 e. The molecule has 34 heavy (non-hydrogen) atoms. The molecule has 2 aromatic carbocycles. The van der Waals surface area contributed by atoms with Gasteiger partial charge in [-0.3, -0.25) is 0 Å². The van der Waals surface area contributed by atoms with Crippen molar-refractivity contribution in [2.45, 2.75) is 38.1 Å². The van der Waals surface area contributed by atoms with Gasteiger partial charge in [-0.1, -0.05) is 67.6 Å². The maximum atomic E-state index is 6.61. The quantitative estimate of drug-likeness (QED) is 0.355. The minimum absolute atomic E-state index is 0.0297. The molecule has 3 heteroatoms. The highest BCUT2D eigenvalue weighted by molar-refractivity contribution is 5.91. The monoisotopic (exact) mass is 444 g/mol. The topological polar surface area (TPSA) is 44.1 Å². The van der Waals surface area contributed by atoms with Gasteiger partial charge < -0.3 is 14.7 Å². The number of nitrogens with zero attached hydrogens (tertiary/aromatic N) is 1. The number of hydrogen-bond acceptors (Lipinski definition) is 2. The van der Waals surface area contributed by atoms with E-state index in [1.165, 1.54) is 44.5 Å². The summed E-state index contributed by atoms with van der Waals surface area (Å²) < 4.78 is 8.69. The number of fused-ring (bicyclic) bond motifs is 6. The first-order valence-corrected chi connectivity index (χ1v) is 12.3. The van der Waals surface area contributed by atoms with E-state index in [2.05, 4.69) is 96.5 Å². The van der Waals surface area contributed by atoms with E-state index in [1.54, 1.807) is 0 Å². The summed E-state index contributed by atoms with van der Waals surface area (Å²) in [5.74, 6) is 3.00. The lowest BCUT2D eigenvalue weighted by atomic mass is 9.84. The molecule has 3 atom stereocenters. The number of rotatable bonds is 2. The van der Waals surface area contributed by atoms with Crippen LogP contribution in [0.2, 0.25) is 0 Å².